The van der Waals surface area contributed by atoms with Crippen LogP contribution in [-0.4, -0.2) is 43.5 Å². The first-order valence-corrected chi connectivity index (χ1v) is 10.3. The zero-order chi connectivity index (χ0) is 22.8. The van der Waals surface area contributed by atoms with Gasteiger partial charge in [0.05, 0.1) is 44.4 Å². The molecule has 2 amide bonds. The number of carbonyl (C=O) groups is 3. The van der Waals surface area contributed by atoms with E-state index in [2.05, 4.69) is 0 Å². The van der Waals surface area contributed by atoms with Crippen molar-refractivity contribution in [2.75, 3.05) is 20.8 Å². The van der Waals surface area contributed by atoms with Gasteiger partial charge in [0.15, 0.2) is 11.5 Å². The highest BCUT2D eigenvalue weighted by molar-refractivity contribution is 6.23. The van der Waals surface area contributed by atoms with Crippen molar-refractivity contribution >= 4 is 28.6 Å². The summed E-state index contributed by atoms with van der Waals surface area (Å²) in [5.41, 5.74) is 1.21. The van der Waals surface area contributed by atoms with Gasteiger partial charge in [0, 0.05) is 0 Å². The first kappa shape index (κ1) is 21.4. The molecule has 1 heterocycles. The first-order valence-electron chi connectivity index (χ1n) is 10.3. The van der Waals surface area contributed by atoms with Gasteiger partial charge in [0.2, 0.25) is 0 Å². The van der Waals surface area contributed by atoms with Crippen molar-refractivity contribution in [1.82, 2.24) is 4.90 Å². The molecule has 0 saturated heterocycles. The molecule has 32 heavy (non-hydrogen) atoms. The summed E-state index contributed by atoms with van der Waals surface area (Å²) in [6, 6.07) is 15.2. The average molecular weight is 433 g/mol. The number of hydrogen-bond acceptors (Lipinski definition) is 6. The molecule has 0 fully saturated rings. The number of nitrogens with zero attached hydrogens (tertiary/aromatic N) is 1. The lowest BCUT2D eigenvalue weighted by Crippen LogP contribution is -2.35. The van der Waals surface area contributed by atoms with Crippen molar-refractivity contribution in [3.8, 4) is 11.5 Å². The second kappa shape index (κ2) is 8.70. The third-order valence-electron chi connectivity index (χ3n) is 5.55. The Balaban J connectivity index is 1.80. The van der Waals surface area contributed by atoms with Crippen molar-refractivity contribution in [3.05, 3.63) is 71.3 Å². The highest BCUT2D eigenvalue weighted by Crippen LogP contribution is 2.38. The summed E-state index contributed by atoms with van der Waals surface area (Å²) in [5.74, 6) is -0.463. The third kappa shape index (κ3) is 3.66. The number of carbonyl (C=O) groups excluding carboxylic acids is 3. The molecule has 7 nitrogen and oxygen atoms in total. The van der Waals surface area contributed by atoms with Crippen LogP contribution in [0.15, 0.2) is 54.6 Å². The fourth-order valence-electron chi connectivity index (χ4n) is 4.03. The van der Waals surface area contributed by atoms with Gasteiger partial charge >= 0.3 is 5.97 Å². The molecule has 7 heteroatoms. The Morgan fingerprint density at radius 2 is 1.47 bits per heavy atom. The molecular weight excluding hydrogens is 410 g/mol. The lowest BCUT2D eigenvalue weighted by Gasteiger charge is -2.26. The van der Waals surface area contributed by atoms with E-state index < -0.39 is 23.8 Å². The van der Waals surface area contributed by atoms with Crippen LogP contribution in [0, 0.1) is 0 Å². The summed E-state index contributed by atoms with van der Waals surface area (Å²) in [6.07, 6.45) is -0.172. The van der Waals surface area contributed by atoms with Gasteiger partial charge in [-0.25, -0.2) is 0 Å². The summed E-state index contributed by atoms with van der Waals surface area (Å²) in [4.78, 5) is 40.3. The van der Waals surface area contributed by atoms with Crippen LogP contribution >= 0.6 is 0 Å². The third-order valence-corrected chi connectivity index (χ3v) is 5.55. The number of methoxy groups -OCH3 is 2. The molecule has 1 atom stereocenters. The fourth-order valence-corrected chi connectivity index (χ4v) is 4.03. The summed E-state index contributed by atoms with van der Waals surface area (Å²) in [7, 11) is 3.01. The summed E-state index contributed by atoms with van der Waals surface area (Å²) < 4.78 is 15.8. The Kier molecular flexibility index (Phi) is 5.81. The van der Waals surface area contributed by atoms with Crippen LogP contribution in [-0.2, 0) is 9.53 Å². The second-order valence-electron chi connectivity index (χ2n) is 7.36. The summed E-state index contributed by atoms with van der Waals surface area (Å²) in [6.45, 7) is 1.90. The zero-order valence-electron chi connectivity index (χ0n) is 18.1. The number of rotatable bonds is 7. The van der Waals surface area contributed by atoms with E-state index in [1.807, 2.05) is 24.3 Å². The van der Waals surface area contributed by atoms with E-state index >= 15 is 0 Å². The molecule has 0 aromatic heterocycles. The summed E-state index contributed by atoms with van der Waals surface area (Å²) >= 11 is 0. The number of esters is 1. The Morgan fingerprint density at radius 3 is 2.00 bits per heavy atom. The predicted molar refractivity (Wildman–Crippen MR) is 118 cm³/mol. The van der Waals surface area contributed by atoms with Gasteiger partial charge in [-0.2, -0.15) is 0 Å². The Bertz CT molecular complexity index is 1160. The maximum atomic E-state index is 13.4. The van der Waals surface area contributed by atoms with Crippen molar-refractivity contribution < 1.29 is 28.6 Å². The van der Waals surface area contributed by atoms with E-state index in [0.717, 1.165) is 15.7 Å². The van der Waals surface area contributed by atoms with E-state index in [9.17, 15) is 14.4 Å². The molecule has 0 radical (unpaired) electrons. The molecule has 1 unspecified atom stereocenters. The van der Waals surface area contributed by atoms with Gasteiger partial charge in [-0.3, -0.25) is 19.3 Å². The van der Waals surface area contributed by atoms with Gasteiger partial charge in [0.25, 0.3) is 11.8 Å². The molecule has 3 aromatic rings. The Hall–Kier alpha value is -3.87. The van der Waals surface area contributed by atoms with Crippen LogP contribution in [0.3, 0.4) is 0 Å². The SMILES string of the molecule is CCOC(=O)CC(c1ccc(OC)c(OC)c1)N1C(=O)c2cc3ccccc3cc2C1=O. The van der Waals surface area contributed by atoms with E-state index in [1.165, 1.54) is 14.2 Å². The van der Waals surface area contributed by atoms with Gasteiger partial charge in [-0.15, -0.1) is 0 Å². The van der Waals surface area contributed by atoms with Gasteiger partial charge < -0.3 is 14.2 Å². The minimum Gasteiger partial charge on any atom is -0.493 e. The van der Waals surface area contributed by atoms with E-state index in [0.29, 0.717) is 28.2 Å². The molecule has 0 bridgehead atoms. The monoisotopic (exact) mass is 433 g/mol. The van der Waals surface area contributed by atoms with E-state index in [1.54, 1.807) is 37.3 Å². The molecule has 0 spiro atoms. The largest absolute Gasteiger partial charge is 0.493 e. The van der Waals surface area contributed by atoms with Crippen molar-refractivity contribution in [1.29, 1.82) is 0 Å². The molecule has 164 valence electrons. The van der Waals surface area contributed by atoms with Crippen molar-refractivity contribution in [3.63, 3.8) is 0 Å². The van der Waals surface area contributed by atoms with Gasteiger partial charge in [0.1, 0.15) is 0 Å². The topological polar surface area (TPSA) is 82.1 Å². The molecular formula is C25H23NO6. The van der Waals surface area contributed by atoms with Gasteiger partial charge in [-0.1, -0.05) is 30.3 Å². The van der Waals surface area contributed by atoms with Crippen LogP contribution < -0.4 is 9.47 Å². The maximum Gasteiger partial charge on any atom is 0.308 e. The Labute approximate surface area is 185 Å². The van der Waals surface area contributed by atoms with Gasteiger partial charge in [-0.05, 0) is 47.5 Å². The molecule has 0 N–H and O–H groups in total. The quantitative estimate of drug-likeness (QED) is 0.411. The normalized spacial score (nSPS) is 13.8. The maximum absolute atomic E-state index is 13.4. The minimum absolute atomic E-state index is 0.172. The zero-order valence-corrected chi connectivity index (χ0v) is 18.1. The number of hydrogen-bond donors (Lipinski definition) is 0. The lowest BCUT2D eigenvalue weighted by molar-refractivity contribution is -0.144. The standard InChI is InChI=1S/C25H23NO6/c1-4-32-23(27)14-20(17-9-10-21(30-2)22(13-17)31-3)26-24(28)18-11-15-7-5-6-8-16(15)12-19(18)25(26)29/h5-13,20H,4,14H2,1-3H3. The number of benzene rings is 3. The number of ether oxygens (including phenoxy) is 3. The highest BCUT2D eigenvalue weighted by atomic mass is 16.5. The van der Waals surface area contributed by atoms with E-state index in [4.69, 9.17) is 14.2 Å². The Morgan fingerprint density at radius 1 is 0.875 bits per heavy atom. The second-order valence-corrected chi connectivity index (χ2v) is 7.36. The summed E-state index contributed by atoms with van der Waals surface area (Å²) in [5, 5.41) is 1.73. The lowest BCUT2D eigenvalue weighted by atomic mass is 10.0. The van der Waals surface area contributed by atoms with Crippen LogP contribution in [0.5, 0.6) is 11.5 Å². The number of imide groups is 1. The number of amides is 2. The van der Waals surface area contributed by atoms with Crippen LogP contribution in [0.4, 0.5) is 0 Å². The first-order chi connectivity index (χ1) is 15.5. The molecule has 1 aliphatic rings. The van der Waals surface area contributed by atoms with E-state index in [-0.39, 0.29) is 13.0 Å². The van der Waals surface area contributed by atoms with Crippen LogP contribution in [0.25, 0.3) is 10.8 Å². The fraction of sp³-hybridized carbons (Fsp3) is 0.240. The molecule has 3 aromatic carbocycles. The molecule has 0 saturated carbocycles. The van der Waals surface area contributed by atoms with Crippen LogP contribution in [0.2, 0.25) is 0 Å². The highest BCUT2D eigenvalue weighted by Gasteiger charge is 2.42. The average Bonchev–Trinajstić information content (AvgIpc) is 3.05. The minimum atomic E-state index is -0.857. The van der Waals surface area contributed by atoms with Crippen LogP contribution in [0.1, 0.15) is 45.7 Å². The predicted octanol–water partition coefficient (Wildman–Crippen LogP) is 4.15. The smallest absolute Gasteiger partial charge is 0.308 e. The van der Waals surface area contributed by atoms with Crippen molar-refractivity contribution in [2.24, 2.45) is 0 Å². The number of fused-ring (bicyclic) bond motifs is 2. The molecule has 4 rings (SSSR count). The van der Waals surface area contributed by atoms with Crippen molar-refractivity contribution in [2.45, 2.75) is 19.4 Å². The molecule has 1 aliphatic heterocycles. The molecule has 0 aliphatic carbocycles.